The van der Waals surface area contributed by atoms with Crippen LogP contribution >= 0.6 is 28.3 Å². The highest BCUT2D eigenvalue weighted by atomic mass is 79.9. The second kappa shape index (κ2) is 4.47. The van der Waals surface area contributed by atoms with Gasteiger partial charge in [-0.15, -0.1) is 12.4 Å². The molecule has 2 heterocycles. The molecule has 0 spiro atoms. The third-order valence-corrected chi connectivity index (χ3v) is 2.97. The van der Waals surface area contributed by atoms with E-state index in [0.717, 1.165) is 9.99 Å². The van der Waals surface area contributed by atoms with E-state index < -0.39 is 0 Å². The van der Waals surface area contributed by atoms with E-state index >= 15 is 0 Å². The number of pyridine rings is 1. The fraction of sp³-hybridized carbons (Fsp3) is 0. The van der Waals surface area contributed by atoms with Crippen LogP contribution in [0.2, 0.25) is 0 Å². The summed E-state index contributed by atoms with van der Waals surface area (Å²) in [6.07, 6.45) is 1.73. The van der Waals surface area contributed by atoms with E-state index in [1.54, 1.807) is 16.7 Å². The first-order valence-electron chi connectivity index (χ1n) is 4.82. The predicted molar refractivity (Wildman–Crippen MR) is 73.9 cm³/mol. The molecule has 0 amide bonds. The Morgan fingerprint density at radius 1 is 1.18 bits per heavy atom. The lowest BCUT2D eigenvalue weighted by Crippen LogP contribution is -2.14. The molecule has 0 radical (unpaired) electrons. The molecule has 0 atom stereocenters. The summed E-state index contributed by atoms with van der Waals surface area (Å²) < 4.78 is 2.43. The molecule has 0 N–H and O–H groups in total. The summed E-state index contributed by atoms with van der Waals surface area (Å²) in [7, 11) is 0. The maximum Gasteiger partial charge on any atom is 0.265 e. The van der Waals surface area contributed by atoms with Gasteiger partial charge in [-0.05, 0) is 30.3 Å². The van der Waals surface area contributed by atoms with E-state index in [1.807, 2.05) is 30.3 Å². The van der Waals surface area contributed by atoms with E-state index in [0.29, 0.717) is 11.0 Å². The van der Waals surface area contributed by atoms with Crippen LogP contribution in [0.25, 0.3) is 16.6 Å². The Hall–Kier alpha value is -1.39. The van der Waals surface area contributed by atoms with Crippen LogP contribution in [0.1, 0.15) is 0 Å². The van der Waals surface area contributed by atoms with Gasteiger partial charge in [0.25, 0.3) is 5.56 Å². The van der Waals surface area contributed by atoms with Crippen molar-refractivity contribution in [3.8, 4) is 0 Å². The van der Waals surface area contributed by atoms with Crippen LogP contribution in [0.3, 0.4) is 0 Å². The van der Waals surface area contributed by atoms with Crippen molar-refractivity contribution in [2.75, 3.05) is 0 Å². The van der Waals surface area contributed by atoms with Gasteiger partial charge in [-0.1, -0.05) is 22.0 Å². The Balaban J connectivity index is 0.00000108. The highest BCUT2D eigenvalue weighted by molar-refractivity contribution is 9.10. The Morgan fingerprint density at radius 2 is 2.00 bits per heavy atom. The maximum absolute atomic E-state index is 12.1. The van der Waals surface area contributed by atoms with Crippen molar-refractivity contribution >= 4 is 44.9 Å². The standard InChI is InChI=1S/C12H7BrN2O.ClH/c13-8-4-5-10-9(7-8)12(16)15-6-2-1-3-11(15)14-10;/h1-7H;1H. The molecule has 5 heteroatoms. The minimum atomic E-state index is -0.0399. The van der Waals surface area contributed by atoms with E-state index in [1.165, 1.54) is 0 Å². The third-order valence-electron chi connectivity index (χ3n) is 2.48. The average molecular weight is 312 g/mol. The normalized spacial score (nSPS) is 10.4. The lowest BCUT2D eigenvalue weighted by atomic mass is 10.2. The van der Waals surface area contributed by atoms with Crippen molar-refractivity contribution in [2.24, 2.45) is 0 Å². The minimum absolute atomic E-state index is 0. The van der Waals surface area contributed by atoms with Crippen molar-refractivity contribution in [3.63, 3.8) is 0 Å². The van der Waals surface area contributed by atoms with Crippen molar-refractivity contribution in [1.29, 1.82) is 0 Å². The van der Waals surface area contributed by atoms with Crippen LogP contribution < -0.4 is 5.56 Å². The minimum Gasteiger partial charge on any atom is -0.268 e. The lowest BCUT2D eigenvalue weighted by molar-refractivity contribution is 1.08. The van der Waals surface area contributed by atoms with Gasteiger partial charge in [0.05, 0.1) is 10.9 Å². The van der Waals surface area contributed by atoms with Gasteiger partial charge in [-0.25, -0.2) is 4.98 Å². The Bertz CT molecular complexity index is 754. The molecule has 0 saturated heterocycles. The van der Waals surface area contributed by atoms with E-state index in [9.17, 15) is 4.79 Å². The molecular formula is C12H8BrClN2O. The predicted octanol–water partition coefficient (Wildman–Crippen LogP) is 3.03. The Labute approximate surface area is 112 Å². The molecule has 0 aliphatic carbocycles. The van der Waals surface area contributed by atoms with Gasteiger partial charge in [-0.2, -0.15) is 0 Å². The number of hydrogen-bond acceptors (Lipinski definition) is 2. The van der Waals surface area contributed by atoms with Gasteiger partial charge < -0.3 is 0 Å². The second-order valence-corrected chi connectivity index (χ2v) is 4.42. The van der Waals surface area contributed by atoms with Gasteiger partial charge >= 0.3 is 0 Å². The first-order valence-corrected chi connectivity index (χ1v) is 5.62. The zero-order valence-electron chi connectivity index (χ0n) is 8.63. The summed E-state index contributed by atoms with van der Waals surface area (Å²) >= 11 is 3.35. The number of benzene rings is 1. The zero-order valence-corrected chi connectivity index (χ0v) is 11.0. The van der Waals surface area contributed by atoms with Gasteiger partial charge in [0, 0.05) is 10.7 Å². The van der Waals surface area contributed by atoms with Crippen molar-refractivity contribution < 1.29 is 0 Å². The SMILES string of the molecule is Cl.O=c1c2cc(Br)ccc2nc2ccccn12. The van der Waals surface area contributed by atoms with Crippen LogP contribution in [-0.4, -0.2) is 9.38 Å². The number of fused-ring (bicyclic) bond motifs is 2. The van der Waals surface area contributed by atoms with Gasteiger partial charge in [0.15, 0.2) is 0 Å². The molecule has 0 unspecified atom stereocenters. The summed E-state index contributed by atoms with van der Waals surface area (Å²) in [6, 6.07) is 11.0. The number of nitrogens with zero attached hydrogens (tertiary/aromatic N) is 2. The summed E-state index contributed by atoms with van der Waals surface area (Å²) in [4.78, 5) is 16.6. The Kier molecular flexibility index (Phi) is 3.17. The fourth-order valence-electron chi connectivity index (χ4n) is 1.73. The highest BCUT2D eigenvalue weighted by Crippen LogP contribution is 2.15. The first kappa shape index (κ1) is 12.1. The number of aromatic nitrogens is 2. The second-order valence-electron chi connectivity index (χ2n) is 3.51. The molecular weight excluding hydrogens is 304 g/mol. The molecule has 0 saturated carbocycles. The Morgan fingerprint density at radius 3 is 2.82 bits per heavy atom. The summed E-state index contributed by atoms with van der Waals surface area (Å²) in [5, 5.41) is 0.623. The zero-order chi connectivity index (χ0) is 11.1. The summed E-state index contributed by atoms with van der Waals surface area (Å²) in [5.41, 5.74) is 1.35. The van der Waals surface area contributed by atoms with E-state index in [-0.39, 0.29) is 18.0 Å². The summed E-state index contributed by atoms with van der Waals surface area (Å²) in [5.74, 6) is 0. The first-order chi connectivity index (χ1) is 7.75. The molecule has 2 aromatic heterocycles. The quantitative estimate of drug-likeness (QED) is 0.598. The monoisotopic (exact) mass is 310 g/mol. The highest BCUT2D eigenvalue weighted by Gasteiger charge is 2.04. The van der Waals surface area contributed by atoms with E-state index in [4.69, 9.17) is 0 Å². The van der Waals surface area contributed by atoms with Crippen LogP contribution in [0, 0.1) is 0 Å². The van der Waals surface area contributed by atoms with E-state index in [2.05, 4.69) is 20.9 Å². The van der Waals surface area contributed by atoms with Gasteiger partial charge in [-0.3, -0.25) is 9.20 Å². The van der Waals surface area contributed by atoms with Crippen molar-refractivity contribution in [2.45, 2.75) is 0 Å². The largest absolute Gasteiger partial charge is 0.268 e. The molecule has 86 valence electrons. The van der Waals surface area contributed by atoms with Crippen molar-refractivity contribution in [1.82, 2.24) is 9.38 Å². The molecule has 0 fully saturated rings. The molecule has 3 aromatic rings. The lowest BCUT2D eigenvalue weighted by Gasteiger charge is -2.02. The van der Waals surface area contributed by atoms with Crippen LogP contribution in [0.4, 0.5) is 0 Å². The molecule has 0 bridgehead atoms. The summed E-state index contributed by atoms with van der Waals surface area (Å²) in [6.45, 7) is 0. The number of halogens is 2. The third kappa shape index (κ3) is 1.94. The smallest absolute Gasteiger partial charge is 0.265 e. The molecule has 3 rings (SSSR count). The molecule has 1 aromatic carbocycles. The molecule has 0 aliphatic heterocycles. The number of hydrogen-bond donors (Lipinski definition) is 0. The van der Waals surface area contributed by atoms with Gasteiger partial charge in [0.1, 0.15) is 5.65 Å². The van der Waals surface area contributed by atoms with Crippen LogP contribution in [-0.2, 0) is 0 Å². The number of rotatable bonds is 0. The van der Waals surface area contributed by atoms with Crippen LogP contribution in [0.5, 0.6) is 0 Å². The topological polar surface area (TPSA) is 34.4 Å². The van der Waals surface area contributed by atoms with Crippen LogP contribution in [0.15, 0.2) is 51.9 Å². The average Bonchev–Trinajstić information content (AvgIpc) is 2.31. The van der Waals surface area contributed by atoms with Crippen molar-refractivity contribution in [3.05, 3.63) is 57.4 Å². The molecule has 3 nitrogen and oxygen atoms in total. The molecule has 17 heavy (non-hydrogen) atoms. The molecule has 0 aliphatic rings. The van der Waals surface area contributed by atoms with Gasteiger partial charge in [0.2, 0.25) is 0 Å². The fourth-order valence-corrected chi connectivity index (χ4v) is 2.09. The maximum atomic E-state index is 12.1.